The van der Waals surface area contributed by atoms with Crippen LogP contribution in [-0.4, -0.2) is 8.42 Å². The molecule has 0 saturated heterocycles. The second kappa shape index (κ2) is 6.10. The fraction of sp³-hybridized carbons (Fsp3) is 0.0714. The standard InChI is InChI=1S/C14H8ClF3N2O2S/c15-12-5-4-10(14(16,17)18)7-13(12)23(21,22)20-11-3-1-2-9(6-11)8-19/h1-7,20H. The Labute approximate surface area is 135 Å². The second-order valence-corrected chi connectivity index (χ2v) is 6.50. The fourth-order valence-corrected chi connectivity index (χ4v) is 3.32. The number of halogens is 4. The van der Waals surface area contributed by atoms with Gasteiger partial charge in [-0.25, -0.2) is 8.42 Å². The van der Waals surface area contributed by atoms with E-state index >= 15 is 0 Å². The number of benzene rings is 2. The minimum atomic E-state index is -4.70. The van der Waals surface area contributed by atoms with Gasteiger partial charge in [0.25, 0.3) is 10.0 Å². The van der Waals surface area contributed by atoms with Crippen molar-refractivity contribution in [2.75, 3.05) is 4.72 Å². The molecule has 23 heavy (non-hydrogen) atoms. The normalized spacial score (nSPS) is 11.8. The lowest BCUT2D eigenvalue weighted by molar-refractivity contribution is -0.137. The first-order valence-electron chi connectivity index (χ1n) is 6.03. The molecule has 9 heteroatoms. The molecule has 1 N–H and O–H groups in total. The summed E-state index contributed by atoms with van der Waals surface area (Å²) in [5.74, 6) is 0. The number of alkyl halides is 3. The molecule has 0 heterocycles. The van der Waals surface area contributed by atoms with Crippen LogP contribution in [0.2, 0.25) is 5.02 Å². The summed E-state index contributed by atoms with van der Waals surface area (Å²) in [5, 5.41) is 8.43. The van der Waals surface area contributed by atoms with Crippen LogP contribution >= 0.6 is 11.6 Å². The van der Waals surface area contributed by atoms with Crippen molar-refractivity contribution in [2.45, 2.75) is 11.1 Å². The molecule has 0 aliphatic carbocycles. The van der Waals surface area contributed by atoms with Gasteiger partial charge < -0.3 is 0 Å². The van der Waals surface area contributed by atoms with Crippen LogP contribution in [0.3, 0.4) is 0 Å². The lowest BCUT2D eigenvalue weighted by Crippen LogP contribution is -2.15. The smallest absolute Gasteiger partial charge is 0.280 e. The topological polar surface area (TPSA) is 70.0 Å². The highest BCUT2D eigenvalue weighted by atomic mass is 35.5. The number of hydrogen-bond donors (Lipinski definition) is 1. The van der Waals surface area contributed by atoms with E-state index < -0.39 is 26.7 Å². The average molecular weight is 361 g/mol. The molecule has 2 aromatic carbocycles. The number of hydrogen-bond acceptors (Lipinski definition) is 3. The largest absolute Gasteiger partial charge is 0.416 e. The molecule has 0 radical (unpaired) electrons. The van der Waals surface area contributed by atoms with Crippen molar-refractivity contribution >= 4 is 27.3 Å². The first kappa shape index (κ1) is 17.1. The van der Waals surface area contributed by atoms with Gasteiger partial charge in [0.2, 0.25) is 0 Å². The van der Waals surface area contributed by atoms with Gasteiger partial charge in [0, 0.05) is 0 Å². The SMILES string of the molecule is N#Cc1cccc(NS(=O)(=O)c2cc(C(F)(F)F)ccc2Cl)c1. The zero-order valence-corrected chi connectivity index (χ0v) is 12.8. The second-order valence-electron chi connectivity index (χ2n) is 4.44. The van der Waals surface area contributed by atoms with Gasteiger partial charge in [-0.05, 0) is 36.4 Å². The summed E-state index contributed by atoms with van der Waals surface area (Å²) in [7, 11) is -4.34. The first-order valence-corrected chi connectivity index (χ1v) is 7.89. The van der Waals surface area contributed by atoms with Crippen molar-refractivity contribution in [2.24, 2.45) is 0 Å². The van der Waals surface area contributed by atoms with E-state index in [-0.39, 0.29) is 16.3 Å². The zero-order chi connectivity index (χ0) is 17.3. The summed E-state index contributed by atoms with van der Waals surface area (Å²) >= 11 is 5.72. The highest BCUT2D eigenvalue weighted by Crippen LogP contribution is 2.33. The van der Waals surface area contributed by atoms with E-state index in [1.54, 1.807) is 0 Å². The Morgan fingerprint density at radius 2 is 1.83 bits per heavy atom. The maximum atomic E-state index is 12.7. The minimum Gasteiger partial charge on any atom is -0.280 e. The van der Waals surface area contributed by atoms with Crippen LogP contribution in [0, 0.1) is 11.3 Å². The predicted octanol–water partition coefficient (Wildman–Crippen LogP) is 4.03. The summed E-state index contributed by atoms with van der Waals surface area (Å²) in [4.78, 5) is -0.698. The number of nitrogens with one attached hydrogen (secondary N) is 1. The molecule has 120 valence electrons. The van der Waals surface area contributed by atoms with Crippen molar-refractivity contribution in [3.8, 4) is 6.07 Å². The molecule has 0 aliphatic rings. The molecule has 0 saturated carbocycles. The third kappa shape index (κ3) is 3.94. The lowest BCUT2D eigenvalue weighted by Gasteiger charge is -2.12. The maximum Gasteiger partial charge on any atom is 0.416 e. The first-order chi connectivity index (χ1) is 10.6. The molecular formula is C14H8ClF3N2O2S. The quantitative estimate of drug-likeness (QED) is 0.898. The third-order valence-corrected chi connectivity index (χ3v) is 4.65. The van der Waals surface area contributed by atoms with Crippen LogP contribution in [0.1, 0.15) is 11.1 Å². The van der Waals surface area contributed by atoms with Crippen LogP contribution in [0.25, 0.3) is 0 Å². The molecule has 2 aromatic rings. The van der Waals surface area contributed by atoms with E-state index in [0.29, 0.717) is 12.1 Å². The van der Waals surface area contributed by atoms with Crippen molar-refractivity contribution < 1.29 is 21.6 Å². The lowest BCUT2D eigenvalue weighted by atomic mass is 10.2. The fourth-order valence-electron chi connectivity index (χ4n) is 1.75. The van der Waals surface area contributed by atoms with E-state index in [4.69, 9.17) is 16.9 Å². The van der Waals surface area contributed by atoms with E-state index in [1.807, 2.05) is 6.07 Å². The molecule has 0 aliphatic heterocycles. The van der Waals surface area contributed by atoms with E-state index in [2.05, 4.69) is 4.72 Å². The number of nitriles is 1. The summed E-state index contributed by atoms with van der Waals surface area (Å²) in [6.45, 7) is 0. The molecule has 0 bridgehead atoms. The Hall–Kier alpha value is -2.24. The van der Waals surface area contributed by atoms with Crippen molar-refractivity contribution in [3.63, 3.8) is 0 Å². The molecule has 0 aromatic heterocycles. The van der Waals surface area contributed by atoms with Crippen molar-refractivity contribution in [3.05, 3.63) is 58.6 Å². The number of rotatable bonds is 3. The Morgan fingerprint density at radius 3 is 2.43 bits per heavy atom. The Morgan fingerprint density at radius 1 is 1.13 bits per heavy atom. The summed E-state index contributed by atoms with van der Waals surface area (Å²) in [6, 6.07) is 9.34. The molecule has 2 rings (SSSR count). The van der Waals surface area contributed by atoms with Crippen LogP contribution in [0.15, 0.2) is 47.4 Å². The molecule has 0 amide bonds. The van der Waals surface area contributed by atoms with Gasteiger partial charge in [-0.3, -0.25) is 4.72 Å². The van der Waals surface area contributed by atoms with Gasteiger partial charge in [-0.1, -0.05) is 17.7 Å². The number of sulfonamides is 1. The van der Waals surface area contributed by atoms with Gasteiger partial charge in [0.05, 0.1) is 27.9 Å². The van der Waals surface area contributed by atoms with Gasteiger partial charge in [-0.15, -0.1) is 0 Å². The van der Waals surface area contributed by atoms with Gasteiger partial charge in [-0.2, -0.15) is 18.4 Å². The Balaban J connectivity index is 2.45. The molecule has 0 fully saturated rings. The van der Waals surface area contributed by atoms with Crippen molar-refractivity contribution in [1.82, 2.24) is 0 Å². The average Bonchev–Trinajstić information content (AvgIpc) is 2.46. The van der Waals surface area contributed by atoms with Gasteiger partial charge >= 0.3 is 6.18 Å². The Bertz CT molecular complexity index is 890. The highest BCUT2D eigenvalue weighted by molar-refractivity contribution is 7.92. The van der Waals surface area contributed by atoms with Crippen molar-refractivity contribution in [1.29, 1.82) is 5.26 Å². The van der Waals surface area contributed by atoms with E-state index in [0.717, 1.165) is 6.07 Å². The summed E-state index contributed by atoms with van der Waals surface area (Å²) < 4.78 is 64.8. The van der Waals surface area contributed by atoms with Crippen LogP contribution in [0.4, 0.5) is 18.9 Å². The van der Waals surface area contributed by atoms with Gasteiger partial charge in [0.1, 0.15) is 4.90 Å². The molecule has 0 atom stereocenters. The van der Waals surface area contributed by atoms with Gasteiger partial charge in [0.15, 0.2) is 0 Å². The maximum absolute atomic E-state index is 12.7. The third-order valence-electron chi connectivity index (χ3n) is 2.79. The molecule has 0 unspecified atom stereocenters. The highest BCUT2D eigenvalue weighted by Gasteiger charge is 2.32. The van der Waals surface area contributed by atoms with Crippen LogP contribution < -0.4 is 4.72 Å². The predicted molar refractivity (Wildman–Crippen MR) is 78.4 cm³/mol. The monoisotopic (exact) mass is 360 g/mol. The summed E-state index contributed by atoms with van der Waals surface area (Å²) in [6.07, 6.45) is -4.70. The molecular weight excluding hydrogens is 353 g/mol. The van der Waals surface area contributed by atoms with Crippen LogP contribution in [0.5, 0.6) is 0 Å². The van der Waals surface area contributed by atoms with Crippen LogP contribution in [-0.2, 0) is 16.2 Å². The van der Waals surface area contributed by atoms with E-state index in [9.17, 15) is 21.6 Å². The summed E-state index contributed by atoms with van der Waals surface area (Å²) in [5.41, 5.74) is -0.897. The molecule has 4 nitrogen and oxygen atoms in total. The van der Waals surface area contributed by atoms with E-state index in [1.165, 1.54) is 24.3 Å². The zero-order valence-electron chi connectivity index (χ0n) is 11.2. The number of nitrogens with zero attached hydrogens (tertiary/aromatic N) is 1. The molecule has 0 spiro atoms. The minimum absolute atomic E-state index is 0.0394. The number of anilines is 1. The Kier molecular flexibility index (Phi) is 4.54.